The molecule has 0 aliphatic rings. The highest BCUT2D eigenvalue weighted by Crippen LogP contribution is 2.21. The van der Waals surface area contributed by atoms with Gasteiger partial charge >= 0.3 is 0 Å². The van der Waals surface area contributed by atoms with E-state index in [1.807, 2.05) is 6.07 Å². The fourth-order valence-corrected chi connectivity index (χ4v) is 1.90. The standard InChI is InChI=1S/C15H10ClN3O2/c16-12-5-3-10(4-6-12)15(20)18-14-8-13(19-21-14)11-2-1-7-17-9-11/h1-9H,(H,18,20). The van der Waals surface area contributed by atoms with E-state index in [2.05, 4.69) is 15.5 Å². The number of nitrogens with one attached hydrogen (secondary N) is 1. The number of nitrogens with zero attached hydrogens (tertiary/aromatic N) is 2. The number of anilines is 1. The number of hydrogen-bond donors (Lipinski definition) is 1. The van der Waals surface area contributed by atoms with Gasteiger partial charge in [0.1, 0.15) is 5.69 Å². The van der Waals surface area contributed by atoms with Crippen molar-refractivity contribution in [1.29, 1.82) is 0 Å². The summed E-state index contributed by atoms with van der Waals surface area (Å²) >= 11 is 5.78. The van der Waals surface area contributed by atoms with Gasteiger partial charge in [0.2, 0.25) is 5.88 Å². The molecule has 5 nitrogen and oxygen atoms in total. The molecule has 1 amide bonds. The third-order valence-corrected chi connectivity index (χ3v) is 3.06. The quantitative estimate of drug-likeness (QED) is 0.801. The molecule has 0 saturated carbocycles. The first-order valence-electron chi connectivity index (χ1n) is 6.16. The minimum absolute atomic E-state index is 0.272. The summed E-state index contributed by atoms with van der Waals surface area (Å²) in [5, 5.41) is 7.11. The number of carbonyl (C=O) groups excluding carboxylic acids is 1. The van der Waals surface area contributed by atoms with E-state index in [9.17, 15) is 4.79 Å². The topological polar surface area (TPSA) is 68.0 Å². The molecule has 3 aromatic rings. The first-order valence-corrected chi connectivity index (χ1v) is 6.54. The fraction of sp³-hybridized carbons (Fsp3) is 0. The van der Waals surface area contributed by atoms with E-state index in [0.717, 1.165) is 5.56 Å². The van der Waals surface area contributed by atoms with Crippen LogP contribution in [-0.4, -0.2) is 16.0 Å². The summed E-state index contributed by atoms with van der Waals surface area (Å²) in [4.78, 5) is 16.0. The van der Waals surface area contributed by atoms with Crippen LogP contribution in [0.25, 0.3) is 11.3 Å². The Labute approximate surface area is 125 Å². The van der Waals surface area contributed by atoms with E-state index in [1.165, 1.54) is 0 Å². The molecule has 0 atom stereocenters. The van der Waals surface area contributed by atoms with Gasteiger partial charge in [-0.3, -0.25) is 15.1 Å². The lowest BCUT2D eigenvalue weighted by atomic mass is 10.2. The number of rotatable bonds is 3. The molecule has 3 rings (SSSR count). The Balaban J connectivity index is 1.75. The van der Waals surface area contributed by atoms with E-state index in [-0.39, 0.29) is 11.8 Å². The summed E-state index contributed by atoms with van der Waals surface area (Å²) in [6.07, 6.45) is 3.34. The third-order valence-electron chi connectivity index (χ3n) is 2.81. The molecular weight excluding hydrogens is 290 g/mol. The van der Waals surface area contributed by atoms with Crippen molar-refractivity contribution in [2.24, 2.45) is 0 Å². The summed E-state index contributed by atoms with van der Waals surface area (Å²) in [5.74, 6) is -0.0191. The van der Waals surface area contributed by atoms with Crippen molar-refractivity contribution in [3.63, 3.8) is 0 Å². The summed E-state index contributed by atoms with van der Waals surface area (Å²) in [6.45, 7) is 0. The molecule has 21 heavy (non-hydrogen) atoms. The maximum Gasteiger partial charge on any atom is 0.258 e. The van der Waals surface area contributed by atoms with Crippen LogP contribution < -0.4 is 5.32 Å². The SMILES string of the molecule is O=C(Nc1cc(-c2cccnc2)no1)c1ccc(Cl)cc1. The predicted molar refractivity (Wildman–Crippen MR) is 79.1 cm³/mol. The van der Waals surface area contributed by atoms with Gasteiger partial charge in [0.25, 0.3) is 5.91 Å². The second kappa shape index (κ2) is 5.76. The van der Waals surface area contributed by atoms with Crippen LogP contribution in [0.4, 0.5) is 5.88 Å². The summed E-state index contributed by atoms with van der Waals surface area (Å²) in [5.41, 5.74) is 1.90. The number of hydrogen-bond acceptors (Lipinski definition) is 4. The van der Waals surface area contributed by atoms with Crippen molar-refractivity contribution in [2.75, 3.05) is 5.32 Å². The van der Waals surface area contributed by atoms with Crippen LogP contribution in [0, 0.1) is 0 Å². The highest BCUT2D eigenvalue weighted by atomic mass is 35.5. The third kappa shape index (κ3) is 3.09. The van der Waals surface area contributed by atoms with Gasteiger partial charge in [0.05, 0.1) is 0 Å². The Morgan fingerprint density at radius 1 is 1.19 bits per heavy atom. The molecule has 0 bridgehead atoms. The van der Waals surface area contributed by atoms with Crippen LogP contribution in [0.2, 0.25) is 5.02 Å². The minimum Gasteiger partial charge on any atom is -0.338 e. The first-order chi connectivity index (χ1) is 10.2. The smallest absolute Gasteiger partial charge is 0.258 e. The zero-order valence-corrected chi connectivity index (χ0v) is 11.5. The summed E-state index contributed by atoms with van der Waals surface area (Å²) in [7, 11) is 0. The van der Waals surface area contributed by atoms with E-state index >= 15 is 0 Å². The number of aromatic nitrogens is 2. The van der Waals surface area contributed by atoms with Crippen molar-refractivity contribution >= 4 is 23.4 Å². The number of halogens is 1. The molecular formula is C15H10ClN3O2. The Kier molecular flexibility index (Phi) is 3.66. The lowest BCUT2D eigenvalue weighted by Gasteiger charge is -2.00. The molecule has 0 spiro atoms. The number of amides is 1. The second-order valence-electron chi connectivity index (χ2n) is 4.28. The Bertz CT molecular complexity index is 754. The second-order valence-corrected chi connectivity index (χ2v) is 4.72. The monoisotopic (exact) mass is 299 g/mol. The van der Waals surface area contributed by atoms with Crippen LogP contribution in [0.3, 0.4) is 0 Å². The zero-order chi connectivity index (χ0) is 14.7. The zero-order valence-electron chi connectivity index (χ0n) is 10.8. The van der Waals surface area contributed by atoms with E-state index < -0.39 is 0 Å². The summed E-state index contributed by atoms with van der Waals surface area (Å²) < 4.78 is 5.10. The molecule has 0 unspecified atom stereocenters. The maximum absolute atomic E-state index is 12.0. The molecule has 0 saturated heterocycles. The van der Waals surface area contributed by atoms with Gasteiger partial charge in [-0.2, -0.15) is 0 Å². The summed E-state index contributed by atoms with van der Waals surface area (Å²) in [6, 6.07) is 11.9. The molecule has 0 radical (unpaired) electrons. The van der Waals surface area contributed by atoms with Crippen LogP contribution in [0.1, 0.15) is 10.4 Å². The van der Waals surface area contributed by atoms with Gasteiger partial charge < -0.3 is 4.52 Å². The number of benzene rings is 1. The lowest BCUT2D eigenvalue weighted by Crippen LogP contribution is -2.10. The average molecular weight is 300 g/mol. The van der Waals surface area contributed by atoms with Gasteiger partial charge in [-0.05, 0) is 36.4 Å². The molecule has 1 aromatic carbocycles. The Morgan fingerprint density at radius 2 is 2.00 bits per heavy atom. The lowest BCUT2D eigenvalue weighted by molar-refractivity contribution is 0.102. The normalized spacial score (nSPS) is 10.3. The maximum atomic E-state index is 12.0. The minimum atomic E-state index is -0.291. The van der Waals surface area contributed by atoms with Crippen molar-refractivity contribution in [3.05, 3.63) is 65.4 Å². The molecule has 104 valence electrons. The molecule has 2 heterocycles. The largest absolute Gasteiger partial charge is 0.338 e. The Hall–Kier alpha value is -2.66. The highest BCUT2D eigenvalue weighted by molar-refractivity contribution is 6.30. The van der Waals surface area contributed by atoms with Gasteiger partial charge in [-0.15, -0.1) is 0 Å². The van der Waals surface area contributed by atoms with E-state index in [0.29, 0.717) is 16.3 Å². The van der Waals surface area contributed by atoms with Crippen LogP contribution >= 0.6 is 11.6 Å². The van der Waals surface area contributed by atoms with Gasteiger partial charge in [-0.25, -0.2) is 0 Å². The van der Waals surface area contributed by atoms with Gasteiger partial charge in [0.15, 0.2) is 0 Å². The average Bonchev–Trinajstić information content (AvgIpc) is 2.97. The fourth-order valence-electron chi connectivity index (χ4n) is 1.77. The van der Waals surface area contributed by atoms with E-state index in [4.69, 9.17) is 16.1 Å². The van der Waals surface area contributed by atoms with Crippen molar-refractivity contribution < 1.29 is 9.32 Å². The highest BCUT2D eigenvalue weighted by Gasteiger charge is 2.11. The first kappa shape index (κ1) is 13.3. The van der Waals surface area contributed by atoms with Crippen molar-refractivity contribution in [1.82, 2.24) is 10.1 Å². The molecule has 2 aromatic heterocycles. The predicted octanol–water partition coefficient (Wildman–Crippen LogP) is 3.64. The van der Waals surface area contributed by atoms with Crippen molar-refractivity contribution in [2.45, 2.75) is 0 Å². The van der Waals surface area contributed by atoms with E-state index in [1.54, 1.807) is 48.8 Å². The number of pyridine rings is 1. The molecule has 0 aliphatic heterocycles. The van der Waals surface area contributed by atoms with Crippen LogP contribution in [-0.2, 0) is 0 Å². The number of carbonyl (C=O) groups is 1. The molecule has 0 fully saturated rings. The molecule has 6 heteroatoms. The van der Waals surface area contributed by atoms with Crippen LogP contribution in [0.15, 0.2) is 59.4 Å². The van der Waals surface area contributed by atoms with Crippen LogP contribution in [0.5, 0.6) is 0 Å². The van der Waals surface area contributed by atoms with Crippen molar-refractivity contribution in [3.8, 4) is 11.3 Å². The molecule has 0 aliphatic carbocycles. The Morgan fingerprint density at radius 3 is 2.71 bits per heavy atom. The van der Waals surface area contributed by atoms with Gasteiger partial charge in [0, 0.05) is 34.6 Å². The molecule has 1 N–H and O–H groups in total. The van der Waals surface area contributed by atoms with Gasteiger partial charge in [-0.1, -0.05) is 16.8 Å².